The zero-order valence-electron chi connectivity index (χ0n) is 14.9. The van der Waals surface area contributed by atoms with Gasteiger partial charge in [0.15, 0.2) is 0 Å². The first kappa shape index (κ1) is 20.0. The number of carbonyl (C=O) groups excluding carboxylic acids is 1. The minimum atomic E-state index is -4.43. The van der Waals surface area contributed by atoms with E-state index in [0.29, 0.717) is 16.5 Å². The van der Waals surface area contributed by atoms with Crippen molar-refractivity contribution in [2.24, 2.45) is 0 Å². The number of hydrogen-bond donors (Lipinski definition) is 0. The number of benzene rings is 1. The molecular weight excluding hydrogens is 389 g/mol. The van der Waals surface area contributed by atoms with Gasteiger partial charge in [-0.15, -0.1) is 0 Å². The van der Waals surface area contributed by atoms with Crippen LogP contribution in [0.3, 0.4) is 0 Å². The molecule has 3 rings (SSSR count). The van der Waals surface area contributed by atoms with Crippen LogP contribution < -0.4 is 4.90 Å². The number of furan rings is 1. The van der Waals surface area contributed by atoms with E-state index in [4.69, 9.17) is 4.42 Å². The molecule has 2 heterocycles. The molecule has 2 aromatic heterocycles. The summed E-state index contributed by atoms with van der Waals surface area (Å²) in [7, 11) is 0. The van der Waals surface area contributed by atoms with Crippen molar-refractivity contribution in [1.29, 1.82) is 0 Å². The number of anilines is 1. The Kier molecular flexibility index (Phi) is 6.08. The molecule has 0 aliphatic carbocycles. The molecule has 0 aliphatic rings. The number of alkyl halides is 3. The van der Waals surface area contributed by atoms with Crippen LogP contribution in [0.1, 0.15) is 16.9 Å². The van der Waals surface area contributed by atoms with Crippen LogP contribution in [0.25, 0.3) is 0 Å². The van der Waals surface area contributed by atoms with E-state index in [2.05, 4.69) is 4.98 Å². The van der Waals surface area contributed by atoms with Gasteiger partial charge in [-0.1, -0.05) is 29.5 Å². The molecule has 146 valence electrons. The number of halogens is 3. The lowest BCUT2D eigenvalue weighted by Crippen LogP contribution is -2.31. The standard InChI is InChI=1S/C20H17F3N2O2S/c1-14-4-7-16(8-5-14)25(12-17-3-2-10-27-17)19(26)13-28-18-9-6-15(11-24-18)20(21,22)23/h2-11H,12-13H2,1H3. The van der Waals surface area contributed by atoms with E-state index in [1.807, 2.05) is 31.2 Å². The largest absolute Gasteiger partial charge is 0.467 e. The lowest BCUT2D eigenvalue weighted by Gasteiger charge is -2.22. The fourth-order valence-electron chi connectivity index (χ4n) is 2.45. The first-order valence-electron chi connectivity index (χ1n) is 8.38. The summed E-state index contributed by atoms with van der Waals surface area (Å²) in [5.41, 5.74) is 0.965. The first-order valence-corrected chi connectivity index (χ1v) is 9.37. The van der Waals surface area contributed by atoms with Gasteiger partial charge in [0.1, 0.15) is 5.76 Å². The fourth-order valence-corrected chi connectivity index (χ4v) is 3.17. The maximum Gasteiger partial charge on any atom is 0.417 e. The Morgan fingerprint density at radius 1 is 1.14 bits per heavy atom. The predicted molar refractivity (Wildman–Crippen MR) is 101 cm³/mol. The maximum absolute atomic E-state index is 12.8. The monoisotopic (exact) mass is 406 g/mol. The SMILES string of the molecule is Cc1ccc(N(Cc2ccco2)C(=O)CSc2ccc(C(F)(F)F)cn2)cc1. The van der Waals surface area contributed by atoms with E-state index >= 15 is 0 Å². The number of pyridine rings is 1. The second-order valence-corrected chi connectivity index (χ2v) is 7.06. The molecule has 0 atom stereocenters. The number of carbonyl (C=O) groups is 1. The van der Waals surface area contributed by atoms with E-state index < -0.39 is 11.7 Å². The quantitative estimate of drug-likeness (QED) is 0.519. The van der Waals surface area contributed by atoms with Gasteiger partial charge in [0.25, 0.3) is 0 Å². The van der Waals surface area contributed by atoms with E-state index in [-0.39, 0.29) is 18.2 Å². The van der Waals surface area contributed by atoms with Crippen molar-refractivity contribution in [1.82, 2.24) is 4.98 Å². The maximum atomic E-state index is 12.8. The fraction of sp³-hybridized carbons (Fsp3) is 0.200. The number of rotatable bonds is 6. The van der Waals surface area contributed by atoms with Gasteiger partial charge in [0.2, 0.25) is 5.91 Å². The Bertz CT molecular complexity index is 908. The van der Waals surface area contributed by atoms with Crippen LogP contribution >= 0.6 is 11.8 Å². The third-order valence-corrected chi connectivity index (χ3v) is 4.88. The van der Waals surface area contributed by atoms with Gasteiger partial charge in [-0.25, -0.2) is 4.98 Å². The topological polar surface area (TPSA) is 46.3 Å². The van der Waals surface area contributed by atoms with Crippen molar-refractivity contribution in [3.8, 4) is 0 Å². The average molecular weight is 406 g/mol. The molecule has 0 bridgehead atoms. The Hall–Kier alpha value is -2.74. The van der Waals surface area contributed by atoms with Gasteiger partial charge in [0.05, 0.1) is 29.2 Å². The molecule has 4 nitrogen and oxygen atoms in total. The zero-order valence-corrected chi connectivity index (χ0v) is 15.8. The van der Waals surface area contributed by atoms with E-state index in [1.165, 1.54) is 12.3 Å². The van der Waals surface area contributed by atoms with Crippen LogP contribution in [0, 0.1) is 6.92 Å². The van der Waals surface area contributed by atoms with Gasteiger partial charge in [0, 0.05) is 11.9 Å². The summed E-state index contributed by atoms with van der Waals surface area (Å²) in [6.07, 6.45) is -2.13. The van der Waals surface area contributed by atoms with Crippen LogP contribution in [-0.4, -0.2) is 16.6 Å². The second-order valence-electron chi connectivity index (χ2n) is 6.07. The molecule has 0 unspecified atom stereocenters. The molecule has 0 aliphatic heterocycles. The number of thioether (sulfide) groups is 1. The highest BCUT2D eigenvalue weighted by Crippen LogP contribution is 2.29. The molecule has 1 amide bonds. The highest BCUT2D eigenvalue weighted by Gasteiger charge is 2.30. The molecular formula is C20H17F3N2O2S. The zero-order chi connectivity index (χ0) is 20.1. The van der Waals surface area contributed by atoms with E-state index in [9.17, 15) is 18.0 Å². The van der Waals surface area contributed by atoms with Crippen molar-refractivity contribution < 1.29 is 22.4 Å². The Balaban J connectivity index is 1.71. The molecule has 0 N–H and O–H groups in total. The number of hydrogen-bond acceptors (Lipinski definition) is 4. The predicted octanol–water partition coefficient (Wildman–Crippen LogP) is 5.33. The Morgan fingerprint density at radius 3 is 2.46 bits per heavy atom. The lowest BCUT2D eigenvalue weighted by molar-refractivity contribution is -0.137. The van der Waals surface area contributed by atoms with Crippen LogP contribution in [0.2, 0.25) is 0 Å². The highest BCUT2D eigenvalue weighted by atomic mass is 32.2. The second kappa shape index (κ2) is 8.52. The van der Waals surface area contributed by atoms with E-state index in [1.54, 1.807) is 17.0 Å². The van der Waals surface area contributed by atoms with Crippen molar-refractivity contribution in [2.45, 2.75) is 24.7 Å². The van der Waals surface area contributed by atoms with Gasteiger partial charge >= 0.3 is 6.18 Å². The smallest absolute Gasteiger partial charge is 0.417 e. The molecule has 0 saturated heterocycles. The summed E-state index contributed by atoms with van der Waals surface area (Å²) < 4.78 is 43.2. The van der Waals surface area contributed by atoms with E-state index in [0.717, 1.165) is 29.6 Å². The Morgan fingerprint density at radius 2 is 1.89 bits per heavy atom. The van der Waals surface area contributed by atoms with Crippen LogP contribution in [0.5, 0.6) is 0 Å². The van der Waals surface area contributed by atoms with Gasteiger partial charge in [-0.05, 0) is 43.3 Å². The lowest BCUT2D eigenvalue weighted by atomic mass is 10.2. The van der Waals surface area contributed by atoms with Gasteiger partial charge in [-0.2, -0.15) is 13.2 Å². The number of nitrogens with zero attached hydrogens (tertiary/aromatic N) is 2. The molecule has 3 aromatic rings. The highest BCUT2D eigenvalue weighted by molar-refractivity contribution is 7.99. The summed E-state index contributed by atoms with van der Waals surface area (Å²) in [5, 5.41) is 0.350. The minimum Gasteiger partial charge on any atom is -0.467 e. The van der Waals surface area contributed by atoms with Crippen LogP contribution in [-0.2, 0) is 17.5 Å². The molecule has 28 heavy (non-hydrogen) atoms. The molecule has 0 spiro atoms. The third kappa shape index (κ3) is 5.16. The molecule has 0 radical (unpaired) electrons. The number of amides is 1. The third-order valence-electron chi connectivity index (χ3n) is 3.95. The summed E-state index contributed by atoms with van der Waals surface area (Å²) >= 11 is 1.09. The summed E-state index contributed by atoms with van der Waals surface area (Å²) in [4.78, 5) is 18.2. The first-order chi connectivity index (χ1) is 13.3. The summed E-state index contributed by atoms with van der Waals surface area (Å²) in [6.45, 7) is 2.21. The van der Waals surface area contributed by atoms with Crippen molar-refractivity contribution in [2.75, 3.05) is 10.7 Å². The number of aromatic nitrogens is 1. The molecule has 0 saturated carbocycles. The van der Waals surface area contributed by atoms with Crippen molar-refractivity contribution in [3.63, 3.8) is 0 Å². The van der Waals surface area contributed by atoms with Crippen molar-refractivity contribution in [3.05, 3.63) is 77.9 Å². The van der Waals surface area contributed by atoms with Crippen LogP contribution in [0.15, 0.2) is 70.4 Å². The summed E-state index contributed by atoms with van der Waals surface area (Å²) in [6, 6.07) is 13.2. The Labute approximate surface area is 164 Å². The molecule has 0 fully saturated rings. The molecule has 1 aromatic carbocycles. The normalized spacial score (nSPS) is 11.4. The number of aryl methyl sites for hydroxylation is 1. The minimum absolute atomic E-state index is 0.0347. The van der Waals surface area contributed by atoms with Gasteiger partial charge in [-0.3, -0.25) is 4.79 Å². The molecule has 8 heteroatoms. The van der Waals surface area contributed by atoms with Crippen molar-refractivity contribution >= 4 is 23.4 Å². The summed E-state index contributed by atoms with van der Waals surface area (Å²) in [5.74, 6) is 0.464. The van der Waals surface area contributed by atoms with Crippen LogP contribution in [0.4, 0.5) is 18.9 Å². The van der Waals surface area contributed by atoms with Gasteiger partial charge < -0.3 is 9.32 Å². The average Bonchev–Trinajstić information content (AvgIpc) is 3.18.